The average Bonchev–Trinajstić information content (AvgIpc) is 2.07. The summed E-state index contributed by atoms with van der Waals surface area (Å²) in [5.41, 5.74) is 0. The monoisotopic (exact) mass is 172 g/mol. The summed E-state index contributed by atoms with van der Waals surface area (Å²) in [6.07, 6.45) is 4.63. The first-order chi connectivity index (χ1) is 5.68. The predicted molar refractivity (Wildman–Crippen MR) is 48.9 cm³/mol. The van der Waals surface area contributed by atoms with E-state index in [9.17, 15) is 4.79 Å². The fourth-order valence-electron chi connectivity index (χ4n) is 0.311. The van der Waals surface area contributed by atoms with Crippen LogP contribution in [0, 0.1) is 0 Å². The molecular formula is C9H16O3. The van der Waals surface area contributed by atoms with E-state index in [0.29, 0.717) is 0 Å². The number of carboxylic acids is 1. The van der Waals surface area contributed by atoms with Crippen molar-refractivity contribution in [1.82, 2.24) is 0 Å². The van der Waals surface area contributed by atoms with Gasteiger partial charge in [0.2, 0.25) is 0 Å². The van der Waals surface area contributed by atoms with Crippen molar-refractivity contribution < 1.29 is 14.6 Å². The van der Waals surface area contributed by atoms with Gasteiger partial charge in [-0.2, -0.15) is 0 Å². The summed E-state index contributed by atoms with van der Waals surface area (Å²) >= 11 is 0. The molecule has 3 heteroatoms. The van der Waals surface area contributed by atoms with Gasteiger partial charge in [-0.1, -0.05) is 26.5 Å². The molecule has 0 atom stereocenters. The fourth-order valence-corrected chi connectivity index (χ4v) is 0.311. The highest BCUT2D eigenvalue weighted by Gasteiger charge is 1.76. The second-order valence-electron chi connectivity index (χ2n) is 1.93. The highest BCUT2D eigenvalue weighted by molar-refractivity contribution is 5.78. The molecule has 0 rings (SSSR count). The SMILES string of the molecule is C=CC(=O)O.C=COCCCC. The number of carbonyl (C=O) groups is 1. The number of hydrogen-bond donors (Lipinski definition) is 1. The molecule has 12 heavy (non-hydrogen) atoms. The summed E-state index contributed by atoms with van der Waals surface area (Å²) < 4.78 is 4.84. The van der Waals surface area contributed by atoms with E-state index in [4.69, 9.17) is 9.84 Å². The van der Waals surface area contributed by atoms with E-state index in [0.717, 1.165) is 19.1 Å². The van der Waals surface area contributed by atoms with Crippen molar-refractivity contribution in [3.63, 3.8) is 0 Å². The predicted octanol–water partition coefficient (Wildman–Crippen LogP) is 2.20. The first-order valence-corrected chi connectivity index (χ1v) is 3.76. The number of rotatable bonds is 5. The number of carboxylic acid groups (broad SMARTS) is 1. The summed E-state index contributed by atoms with van der Waals surface area (Å²) in [6, 6.07) is 0. The number of aliphatic carboxylic acids is 1. The Morgan fingerprint density at radius 3 is 2.33 bits per heavy atom. The van der Waals surface area contributed by atoms with Crippen molar-refractivity contribution in [3.8, 4) is 0 Å². The molecule has 1 N–H and O–H groups in total. The van der Waals surface area contributed by atoms with E-state index < -0.39 is 5.97 Å². The minimum atomic E-state index is -0.981. The van der Waals surface area contributed by atoms with Gasteiger partial charge in [0.15, 0.2) is 0 Å². The highest BCUT2D eigenvalue weighted by atomic mass is 16.5. The van der Waals surface area contributed by atoms with Crippen LogP contribution in [0.3, 0.4) is 0 Å². The summed E-state index contributed by atoms with van der Waals surface area (Å²) in [4.78, 5) is 9.25. The van der Waals surface area contributed by atoms with Crippen molar-refractivity contribution in [1.29, 1.82) is 0 Å². The zero-order chi connectivity index (χ0) is 9.82. The molecule has 0 aliphatic rings. The maximum absolute atomic E-state index is 9.25. The van der Waals surface area contributed by atoms with Gasteiger partial charge in [-0.3, -0.25) is 0 Å². The van der Waals surface area contributed by atoms with Crippen LogP contribution in [0.25, 0.3) is 0 Å². The summed E-state index contributed by atoms with van der Waals surface area (Å²) in [5, 5.41) is 7.60. The molecule has 0 aromatic carbocycles. The molecule has 0 unspecified atom stereocenters. The molecule has 3 nitrogen and oxygen atoms in total. The van der Waals surface area contributed by atoms with Gasteiger partial charge in [0.25, 0.3) is 0 Å². The number of ether oxygens (including phenoxy) is 1. The summed E-state index contributed by atoms with van der Waals surface area (Å²) in [6.45, 7) is 9.32. The molecule has 0 saturated heterocycles. The second-order valence-corrected chi connectivity index (χ2v) is 1.93. The second kappa shape index (κ2) is 12.4. The highest BCUT2D eigenvalue weighted by Crippen LogP contribution is 1.85. The van der Waals surface area contributed by atoms with Crippen LogP contribution in [0.1, 0.15) is 19.8 Å². The van der Waals surface area contributed by atoms with Crippen molar-refractivity contribution in [2.75, 3.05) is 6.61 Å². The van der Waals surface area contributed by atoms with Crippen molar-refractivity contribution in [3.05, 3.63) is 25.5 Å². The molecular weight excluding hydrogens is 156 g/mol. The van der Waals surface area contributed by atoms with Crippen molar-refractivity contribution in [2.45, 2.75) is 19.8 Å². The maximum atomic E-state index is 9.25. The van der Waals surface area contributed by atoms with Gasteiger partial charge in [-0.15, -0.1) is 0 Å². The Hall–Kier alpha value is -1.25. The van der Waals surface area contributed by atoms with E-state index in [1.807, 2.05) is 0 Å². The van der Waals surface area contributed by atoms with Gasteiger partial charge in [-0.25, -0.2) is 4.79 Å². The summed E-state index contributed by atoms with van der Waals surface area (Å²) in [5.74, 6) is -0.981. The Bertz CT molecular complexity index is 130. The maximum Gasteiger partial charge on any atom is 0.327 e. The van der Waals surface area contributed by atoms with Gasteiger partial charge in [0, 0.05) is 6.08 Å². The van der Waals surface area contributed by atoms with E-state index in [1.54, 1.807) is 0 Å². The Kier molecular flexibility index (Phi) is 13.8. The van der Waals surface area contributed by atoms with Gasteiger partial charge >= 0.3 is 5.97 Å². The lowest BCUT2D eigenvalue weighted by Crippen LogP contribution is -1.83. The molecule has 0 spiro atoms. The van der Waals surface area contributed by atoms with Crippen LogP contribution in [-0.2, 0) is 9.53 Å². The lowest BCUT2D eigenvalue weighted by atomic mass is 10.4. The Morgan fingerprint density at radius 2 is 2.08 bits per heavy atom. The molecule has 0 amide bonds. The Morgan fingerprint density at radius 1 is 1.58 bits per heavy atom. The van der Waals surface area contributed by atoms with E-state index in [-0.39, 0.29) is 0 Å². The van der Waals surface area contributed by atoms with Crippen LogP contribution < -0.4 is 0 Å². The van der Waals surface area contributed by atoms with Gasteiger partial charge in [-0.05, 0) is 6.42 Å². The minimum absolute atomic E-state index is 0.819. The fraction of sp³-hybridized carbons (Fsp3) is 0.444. The molecule has 0 aromatic heterocycles. The van der Waals surface area contributed by atoms with Crippen LogP contribution in [0.5, 0.6) is 0 Å². The van der Waals surface area contributed by atoms with E-state index in [1.165, 1.54) is 12.7 Å². The molecule has 0 aliphatic carbocycles. The largest absolute Gasteiger partial charge is 0.502 e. The number of hydrogen-bond acceptors (Lipinski definition) is 2. The van der Waals surface area contributed by atoms with Crippen molar-refractivity contribution >= 4 is 5.97 Å². The number of unbranched alkanes of at least 4 members (excludes halogenated alkanes) is 1. The normalized spacial score (nSPS) is 7.42. The molecule has 0 aromatic rings. The summed E-state index contributed by atoms with van der Waals surface area (Å²) in [7, 11) is 0. The lowest BCUT2D eigenvalue weighted by Gasteiger charge is -1.93. The molecule has 0 bridgehead atoms. The molecule has 0 radical (unpaired) electrons. The van der Waals surface area contributed by atoms with E-state index in [2.05, 4.69) is 20.1 Å². The third-order valence-electron chi connectivity index (χ3n) is 0.908. The zero-order valence-electron chi connectivity index (χ0n) is 7.45. The first-order valence-electron chi connectivity index (χ1n) is 3.76. The molecule has 0 heterocycles. The van der Waals surface area contributed by atoms with Crippen LogP contribution in [0.2, 0.25) is 0 Å². The molecule has 0 saturated carbocycles. The van der Waals surface area contributed by atoms with Gasteiger partial charge < -0.3 is 9.84 Å². The third-order valence-corrected chi connectivity index (χ3v) is 0.908. The Labute approximate surface area is 73.4 Å². The van der Waals surface area contributed by atoms with Gasteiger partial charge in [0.1, 0.15) is 0 Å². The topological polar surface area (TPSA) is 46.5 Å². The van der Waals surface area contributed by atoms with Gasteiger partial charge in [0.05, 0.1) is 12.9 Å². The first kappa shape index (κ1) is 13.3. The standard InChI is InChI=1S/C6H12O.C3H4O2/c1-3-5-6-7-4-2;1-2-3(4)5/h4H,2-3,5-6H2,1H3;2H,1H2,(H,4,5). The quantitative estimate of drug-likeness (QED) is 0.393. The lowest BCUT2D eigenvalue weighted by molar-refractivity contribution is -0.131. The van der Waals surface area contributed by atoms with Crippen LogP contribution in [0.4, 0.5) is 0 Å². The van der Waals surface area contributed by atoms with Crippen LogP contribution in [0.15, 0.2) is 25.5 Å². The third kappa shape index (κ3) is 23.3. The average molecular weight is 172 g/mol. The zero-order valence-corrected chi connectivity index (χ0v) is 7.45. The minimum Gasteiger partial charge on any atom is -0.502 e. The molecule has 0 fully saturated rings. The van der Waals surface area contributed by atoms with Crippen LogP contribution in [-0.4, -0.2) is 17.7 Å². The molecule has 70 valence electrons. The van der Waals surface area contributed by atoms with Crippen molar-refractivity contribution in [2.24, 2.45) is 0 Å². The van der Waals surface area contributed by atoms with Crippen LogP contribution >= 0.6 is 0 Å². The smallest absolute Gasteiger partial charge is 0.327 e. The Balaban J connectivity index is 0. The molecule has 0 aliphatic heterocycles. The van der Waals surface area contributed by atoms with E-state index >= 15 is 0 Å².